The maximum absolute atomic E-state index is 10.9. The van der Waals surface area contributed by atoms with Crippen LogP contribution in [0.5, 0.6) is 0 Å². The highest BCUT2D eigenvalue weighted by molar-refractivity contribution is 7.16. The van der Waals surface area contributed by atoms with Crippen LogP contribution in [0.1, 0.15) is 5.56 Å². The Kier molecular flexibility index (Phi) is 3.81. The Balaban J connectivity index is 1.51. The first-order chi connectivity index (χ1) is 13.6. The third-order valence-corrected chi connectivity index (χ3v) is 5.29. The van der Waals surface area contributed by atoms with Crippen molar-refractivity contribution in [3.05, 3.63) is 68.9 Å². The summed E-state index contributed by atoms with van der Waals surface area (Å²) < 4.78 is 3.10. The van der Waals surface area contributed by atoms with Crippen molar-refractivity contribution in [2.24, 2.45) is 0 Å². The molecule has 0 amide bonds. The lowest BCUT2D eigenvalue weighted by molar-refractivity contribution is -0.389. The minimum Gasteiger partial charge on any atom is -0.358 e. The van der Waals surface area contributed by atoms with Gasteiger partial charge in [0, 0.05) is 5.56 Å². The van der Waals surface area contributed by atoms with E-state index in [-0.39, 0.29) is 10.8 Å². The van der Waals surface area contributed by atoms with Gasteiger partial charge in [-0.05, 0) is 28.0 Å². The van der Waals surface area contributed by atoms with E-state index in [1.54, 1.807) is 22.2 Å². The van der Waals surface area contributed by atoms with Crippen molar-refractivity contribution in [2.75, 3.05) is 0 Å². The minimum absolute atomic E-state index is 0.00968. The molecule has 5 rings (SSSR count). The second-order valence-corrected chi connectivity index (χ2v) is 7.35. The Morgan fingerprint density at radius 2 is 2.14 bits per heavy atom. The van der Waals surface area contributed by atoms with Crippen LogP contribution in [0.25, 0.3) is 27.3 Å². The summed E-state index contributed by atoms with van der Waals surface area (Å²) in [5.74, 6) is 0.221. The Hall–Kier alpha value is -3.37. The molecule has 9 nitrogen and oxygen atoms in total. The lowest BCUT2D eigenvalue weighted by Crippen LogP contribution is -2.01. The summed E-state index contributed by atoms with van der Waals surface area (Å²) >= 11 is 7.42. The molecule has 0 unspecified atom stereocenters. The molecule has 0 saturated heterocycles. The van der Waals surface area contributed by atoms with E-state index < -0.39 is 4.92 Å². The van der Waals surface area contributed by atoms with Crippen molar-refractivity contribution in [1.29, 1.82) is 0 Å². The molecule has 0 saturated carbocycles. The van der Waals surface area contributed by atoms with Gasteiger partial charge in [-0.3, -0.25) is 0 Å². The van der Waals surface area contributed by atoms with E-state index in [0.717, 1.165) is 27.0 Å². The summed E-state index contributed by atoms with van der Waals surface area (Å²) in [5.41, 5.74) is 2.47. The summed E-state index contributed by atoms with van der Waals surface area (Å²) in [6.07, 6.45) is 3.09. The molecule has 11 heteroatoms. The Labute approximate surface area is 166 Å². The van der Waals surface area contributed by atoms with Gasteiger partial charge in [0.25, 0.3) is 0 Å². The molecule has 0 aliphatic rings. The zero-order valence-electron chi connectivity index (χ0n) is 14.1. The molecular formula is C17H10ClN7O2S. The van der Waals surface area contributed by atoms with E-state index in [1.807, 2.05) is 35.7 Å². The number of nitro groups is 1. The van der Waals surface area contributed by atoms with Crippen LogP contribution in [0.15, 0.2) is 48.2 Å². The van der Waals surface area contributed by atoms with Gasteiger partial charge >= 0.3 is 5.82 Å². The fourth-order valence-corrected chi connectivity index (χ4v) is 3.92. The molecule has 0 atom stereocenters. The largest absolute Gasteiger partial charge is 0.408 e. The maximum Gasteiger partial charge on any atom is 0.408 e. The Morgan fingerprint density at radius 1 is 1.25 bits per heavy atom. The Bertz CT molecular complexity index is 1360. The zero-order valence-corrected chi connectivity index (χ0v) is 15.6. The Morgan fingerprint density at radius 3 is 2.96 bits per heavy atom. The highest BCUT2D eigenvalue weighted by atomic mass is 35.5. The fraction of sp³-hybridized carbons (Fsp3) is 0.0588. The van der Waals surface area contributed by atoms with E-state index in [2.05, 4.69) is 20.2 Å². The van der Waals surface area contributed by atoms with Crippen molar-refractivity contribution >= 4 is 44.6 Å². The molecule has 138 valence electrons. The SMILES string of the molecule is O=[N+]([O-])c1nn(Cc2cccc(-c3nc4c5ccsc5ncn4n3)c2)cc1Cl. The van der Waals surface area contributed by atoms with Gasteiger partial charge in [0.15, 0.2) is 16.5 Å². The van der Waals surface area contributed by atoms with Gasteiger partial charge in [-0.2, -0.15) is 4.68 Å². The number of halogens is 1. The van der Waals surface area contributed by atoms with Crippen LogP contribution >= 0.6 is 22.9 Å². The van der Waals surface area contributed by atoms with Gasteiger partial charge in [0.05, 0.1) is 23.2 Å². The van der Waals surface area contributed by atoms with Crippen LogP contribution < -0.4 is 0 Å². The highest BCUT2D eigenvalue weighted by Crippen LogP contribution is 2.25. The minimum atomic E-state index is -0.602. The van der Waals surface area contributed by atoms with E-state index in [1.165, 1.54) is 10.9 Å². The summed E-state index contributed by atoms with van der Waals surface area (Å²) in [5, 5.41) is 22.3. The molecule has 0 spiro atoms. The van der Waals surface area contributed by atoms with Gasteiger partial charge in [0.2, 0.25) is 0 Å². The first-order valence-corrected chi connectivity index (χ1v) is 9.39. The fourth-order valence-electron chi connectivity index (χ4n) is 2.98. The van der Waals surface area contributed by atoms with Crippen molar-refractivity contribution in [2.45, 2.75) is 6.54 Å². The molecule has 0 fully saturated rings. The summed E-state index contributed by atoms with van der Waals surface area (Å²) in [4.78, 5) is 20.3. The standard InChI is InChI=1S/C17H10ClN7O2S/c18-13-8-23(22-16(13)25(26)27)7-10-2-1-3-11(6-10)14-20-15-12-4-5-28-17(12)19-9-24(15)21-14/h1-6,8-9H,7H2. The summed E-state index contributed by atoms with van der Waals surface area (Å²) in [6, 6.07) is 9.60. The first kappa shape index (κ1) is 16.8. The van der Waals surface area contributed by atoms with Crippen molar-refractivity contribution in [3.8, 4) is 11.4 Å². The second-order valence-electron chi connectivity index (χ2n) is 6.04. The third-order valence-electron chi connectivity index (χ3n) is 4.20. The van der Waals surface area contributed by atoms with E-state index in [0.29, 0.717) is 12.4 Å². The maximum atomic E-state index is 10.9. The number of hydrogen-bond acceptors (Lipinski definition) is 7. The molecular weight excluding hydrogens is 402 g/mol. The van der Waals surface area contributed by atoms with Crippen molar-refractivity contribution in [1.82, 2.24) is 29.4 Å². The number of fused-ring (bicyclic) bond motifs is 3. The normalized spacial score (nSPS) is 11.5. The number of rotatable bonds is 4. The molecule has 0 aliphatic carbocycles. The van der Waals surface area contributed by atoms with Crippen molar-refractivity contribution < 1.29 is 4.92 Å². The van der Waals surface area contributed by atoms with Crippen LogP contribution in [0, 0.1) is 10.1 Å². The van der Waals surface area contributed by atoms with Crippen LogP contribution in [-0.2, 0) is 6.54 Å². The van der Waals surface area contributed by atoms with Crippen LogP contribution in [0.2, 0.25) is 5.02 Å². The van der Waals surface area contributed by atoms with Gasteiger partial charge < -0.3 is 10.1 Å². The first-order valence-electron chi connectivity index (χ1n) is 8.14. The lowest BCUT2D eigenvalue weighted by Gasteiger charge is -2.01. The van der Waals surface area contributed by atoms with Crippen LogP contribution in [0.3, 0.4) is 0 Å². The van der Waals surface area contributed by atoms with Gasteiger partial charge in [-0.25, -0.2) is 14.5 Å². The quantitative estimate of drug-likeness (QED) is 0.329. The monoisotopic (exact) mass is 411 g/mol. The molecule has 1 aromatic carbocycles. The average Bonchev–Trinajstić information content (AvgIpc) is 3.38. The molecule has 0 radical (unpaired) electrons. The van der Waals surface area contributed by atoms with Gasteiger partial charge in [-0.15, -0.1) is 16.4 Å². The van der Waals surface area contributed by atoms with Crippen LogP contribution in [-0.4, -0.2) is 34.3 Å². The number of nitrogens with zero attached hydrogens (tertiary/aromatic N) is 7. The molecule has 4 aromatic heterocycles. The van der Waals surface area contributed by atoms with Crippen molar-refractivity contribution in [3.63, 3.8) is 0 Å². The smallest absolute Gasteiger partial charge is 0.358 e. The third kappa shape index (κ3) is 2.79. The zero-order chi connectivity index (χ0) is 19.3. The topological polar surface area (TPSA) is 104 Å². The van der Waals surface area contributed by atoms with E-state index in [4.69, 9.17) is 11.6 Å². The summed E-state index contributed by atoms with van der Waals surface area (Å²) in [7, 11) is 0. The number of aromatic nitrogens is 6. The molecule has 0 N–H and O–H groups in total. The number of benzene rings is 1. The summed E-state index contributed by atoms with van der Waals surface area (Å²) in [6.45, 7) is 0.338. The van der Waals surface area contributed by atoms with E-state index >= 15 is 0 Å². The number of thiophene rings is 1. The van der Waals surface area contributed by atoms with Gasteiger partial charge in [0.1, 0.15) is 11.2 Å². The average molecular weight is 412 g/mol. The van der Waals surface area contributed by atoms with E-state index in [9.17, 15) is 10.1 Å². The second kappa shape index (κ2) is 6.36. The molecule has 0 aliphatic heterocycles. The predicted molar refractivity (Wildman–Crippen MR) is 105 cm³/mol. The number of hydrogen-bond donors (Lipinski definition) is 0. The predicted octanol–water partition coefficient (Wildman–Crippen LogP) is 3.81. The van der Waals surface area contributed by atoms with Gasteiger partial charge in [-0.1, -0.05) is 29.8 Å². The molecule has 4 heterocycles. The highest BCUT2D eigenvalue weighted by Gasteiger charge is 2.19. The molecule has 0 bridgehead atoms. The van der Waals surface area contributed by atoms with Crippen LogP contribution in [0.4, 0.5) is 5.82 Å². The molecule has 5 aromatic rings. The lowest BCUT2D eigenvalue weighted by atomic mass is 10.1. The molecule has 28 heavy (non-hydrogen) atoms.